The van der Waals surface area contributed by atoms with Crippen molar-refractivity contribution in [3.05, 3.63) is 58.3 Å². The number of aliphatic hydroxyl groups is 1. The van der Waals surface area contributed by atoms with Crippen molar-refractivity contribution in [3.8, 4) is 0 Å². The summed E-state index contributed by atoms with van der Waals surface area (Å²) >= 11 is 1.55. The normalized spacial score (nSPS) is 18.5. The number of thiophene rings is 1. The van der Waals surface area contributed by atoms with Gasteiger partial charge in [0.15, 0.2) is 0 Å². The molecular formula is C18H24N2O3S2. The maximum absolute atomic E-state index is 12.8. The monoisotopic (exact) mass is 380 g/mol. The lowest BCUT2D eigenvalue weighted by molar-refractivity contribution is 0.0777. The summed E-state index contributed by atoms with van der Waals surface area (Å²) in [6, 6.07) is 13.5. The second-order valence-electron chi connectivity index (χ2n) is 6.45. The molecule has 1 aliphatic rings. The Hall–Kier alpha value is -1.25. The van der Waals surface area contributed by atoms with Gasteiger partial charge in [-0.15, -0.1) is 11.3 Å². The first-order valence-corrected chi connectivity index (χ1v) is 10.7. The van der Waals surface area contributed by atoms with E-state index in [2.05, 4.69) is 0 Å². The average Bonchev–Trinajstić information content (AvgIpc) is 3.16. The second kappa shape index (κ2) is 7.97. The van der Waals surface area contributed by atoms with Crippen molar-refractivity contribution < 1.29 is 13.5 Å². The molecule has 0 spiro atoms. The number of hydrogen-bond donors (Lipinski definition) is 1. The molecule has 7 heteroatoms. The van der Waals surface area contributed by atoms with Crippen molar-refractivity contribution in [2.75, 3.05) is 20.1 Å². The van der Waals surface area contributed by atoms with Crippen LogP contribution in [0.3, 0.4) is 0 Å². The zero-order valence-corrected chi connectivity index (χ0v) is 15.9. The molecule has 3 rings (SSSR count). The van der Waals surface area contributed by atoms with E-state index >= 15 is 0 Å². The van der Waals surface area contributed by atoms with E-state index in [9.17, 15) is 13.5 Å². The number of aliphatic hydroxyl groups excluding tert-OH is 1. The predicted octanol–water partition coefficient (Wildman–Crippen LogP) is 2.87. The standard InChI is InChI=1S/C18H24N2O3S2/c1-19(14-15-6-3-2-4-7-15)25(22,23)20-11-9-16(10-12-20)18(21)17-8-5-13-24-17/h2-8,13,16,18,21H,9-12,14H2,1H3. The van der Waals surface area contributed by atoms with E-state index in [0.717, 1.165) is 10.4 Å². The molecule has 2 aromatic rings. The van der Waals surface area contributed by atoms with E-state index in [0.29, 0.717) is 32.5 Å². The van der Waals surface area contributed by atoms with Crippen molar-refractivity contribution in [1.29, 1.82) is 0 Å². The highest BCUT2D eigenvalue weighted by Gasteiger charge is 2.33. The molecule has 1 atom stereocenters. The van der Waals surface area contributed by atoms with Crippen LogP contribution in [0, 0.1) is 5.92 Å². The molecule has 1 unspecified atom stereocenters. The van der Waals surface area contributed by atoms with Crippen LogP contribution < -0.4 is 0 Å². The van der Waals surface area contributed by atoms with Crippen molar-refractivity contribution in [2.45, 2.75) is 25.5 Å². The van der Waals surface area contributed by atoms with Gasteiger partial charge in [-0.3, -0.25) is 0 Å². The highest BCUT2D eigenvalue weighted by molar-refractivity contribution is 7.86. The topological polar surface area (TPSA) is 60.9 Å². The molecular weight excluding hydrogens is 356 g/mol. The minimum Gasteiger partial charge on any atom is -0.387 e. The Labute approximate surface area is 153 Å². The maximum Gasteiger partial charge on any atom is 0.282 e. The lowest BCUT2D eigenvalue weighted by Crippen LogP contribution is -2.46. The molecule has 2 heterocycles. The number of nitrogens with zero attached hydrogens (tertiary/aromatic N) is 2. The van der Waals surface area contributed by atoms with Gasteiger partial charge in [0.2, 0.25) is 0 Å². The van der Waals surface area contributed by atoms with Gasteiger partial charge in [-0.1, -0.05) is 36.4 Å². The lowest BCUT2D eigenvalue weighted by Gasteiger charge is -2.35. The number of rotatable bonds is 6. The largest absolute Gasteiger partial charge is 0.387 e. The molecule has 25 heavy (non-hydrogen) atoms. The minimum atomic E-state index is -3.48. The molecule has 0 bridgehead atoms. The van der Waals surface area contributed by atoms with Crippen LogP contribution >= 0.6 is 11.3 Å². The summed E-state index contributed by atoms with van der Waals surface area (Å²) in [6.45, 7) is 1.27. The first-order valence-electron chi connectivity index (χ1n) is 8.45. The van der Waals surface area contributed by atoms with Crippen molar-refractivity contribution >= 4 is 21.5 Å². The first kappa shape index (κ1) is 18.5. The third-order valence-corrected chi connectivity index (χ3v) is 7.63. The summed E-state index contributed by atoms with van der Waals surface area (Å²) in [5, 5.41) is 12.4. The Morgan fingerprint density at radius 2 is 1.88 bits per heavy atom. The minimum absolute atomic E-state index is 0.115. The molecule has 1 aliphatic heterocycles. The van der Waals surface area contributed by atoms with Crippen LogP contribution in [0.15, 0.2) is 47.8 Å². The summed E-state index contributed by atoms with van der Waals surface area (Å²) in [6.07, 6.45) is 0.862. The van der Waals surface area contributed by atoms with Gasteiger partial charge >= 0.3 is 0 Å². The van der Waals surface area contributed by atoms with E-state index in [1.165, 1.54) is 8.61 Å². The van der Waals surface area contributed by atoms with Gasteiger partial charge < -0.3 is 5.11 Å². The number of hydrogen-bond acceptors (Lipinski definition) is 4. The number of piperidine rings is 1. The van der Waals surface area contributed by atoms with Crippen LogP contribution in [0.25, 0.3) is 0 Å². The summed E-state index contributed by atoms with van der Waals surface area (Å²) in [5.74, 6) is 0.115. The summed E-state index contributed by atoms with van der Waals surface area (Å²) < 4.78 is 28.5. The van der Waals surface area contributed by atoms with E-state index in [1.807, 2.05) is 47.8 Å². The quantitative estimate of drug-likeness (QED) is 0.838. The van der Waals surface area contributed by atoms with Gasteiger partial charge in [0.1, 0.15) is 0 Å². The predicted molar refractivity (Wildman–Crippen MR) is 100 cm³/mol. The lowest BCUT2D eigenvalue weighted by atomic mass is 9.91. The Morgan fingerprint density at radius 1 is 1.20 bits per heavy atom. The van der Waals surface area contributed by atoms with Crippen LogP contribution in [0.1, 0.15) is 29.4 Å². The molecule has 1 saturated heterocycles. The summed E-state index contributed by atoms with van der Waals surface area (Å²) in [5.41, 5.74) is 0.969. The van der Waals surface area contributed by atoms with Gasteiger partial charge in [-0.05, 0) is 35.8 Å². The van der Waals surface area contributed by atoms with E-state index in [1.54, 1.807) is 18.4 Å². The molecule has 1 aromatic carbocycles. The van der Waals surface area contributed by atoms with Crippen LogP contribution in [-0.4, -0.2) is 42.3 Å². The molecule has 0 saturated carbocycles. The molecule has 1 N–H and O–H groups in total. The highest BCUT2D eigenvalue weighted by Crippen LogP contribution is 2.33. The molecule has 136 valence electrons. The molecule has 1 aromatic heterocycles. The first-order chi connectivity index (χ1) is 12.0. The smallest absolute Gasteiger partial charge is 0.282 e. The highest BCUT2D eigenvalue weighted by atomic mass is 32.2. The fraction of sp³-hybridized carbons (Fsp3) is 0.444. The average molecular weight is 381 g/mol. The molecule has 5 nitrogen and oxygen atoms in total. The van der Waals surface area contributed by atoms with Crippen molar-refractivity contribution in [3.63, 3.8) is 0 Å². The zero-order chi connectivity index (χ0) is 17.9. The van der Waals surface area contributed by atoms with Crippen LogP contribution in [0.5, 0.6) is 0 Å². The Kier molecular flexibility index (Phi) is 5.91. The van der Waals surface area contributed by atoms with Gasteiger partial charge in [-0.25, -0.2) is 0 Å². The van der Waals surface area contributed by atoms with Crippen LogP contribution in [-0.2, 0) is 16.8 Å². The van der Waals surface area contributed by atoms with E-state index < -0.39 is 16.3 Å². The Balaban J connectivity index is 1.59. The van der Waals surface area contributed by atoms with Gasteiger partial charge in [0.05, 0.1) is 6.10 Å². The molecule has 1 fully saturated rings. The Morgan fingerprint density at radius 3 is 2.48 bits per heavy atom. The van der Waals surface area contributed by atoms with Gasteiger partial charge in [0.25, 0.3) is 10.2 Å². The Bertz CT molecular complexity index is 755. The van der Waals surface area contributed by atoms with Gasteiger partial charge in [-0.2, -0.15) is 17.0 Å². The summed E-state index contributed by atoms with van der Waals surface area (Å²) in [7, 11) is -1.86. The molecule has 0 aliphatic carbocycles. The van der Waals surface area contributed by atoms with E-state index in [-0.39, 0.29) is 5.92 Å². The number of benzene rings is 1. The second-order valence-corrected chi connectivity index (χ2v) is 9.46. The maximum atomic E-state index is 12.8. The van der Waals surface area contributed by atoms with E-state index in [4.69, 9.17) is 0 Å². The van der Waals surface area contributed by atoms with Crippen molar-refractivity contribution in [1.82, 2.24) is 8.61 Å². The fourth-order valence-electron chi connectivity index (χ4n) is 3.23. The fourth-order valence-corrected chi connectivity index (χ4v) is 5.42. The zero-order valence-electron chi connectivity index (χ0n) is 14.3. The third kappa shape index (κ3) is 4.30. The molecule has 0 radical (unpaired) electrons. The van der Waals surface area contributed by atoms with Crippen LogP contribution in [0.4, 0.5) is 0 Å². The summed E-state index contributed by atoms with van der Waals surface area (Å²) in [4.78, 5) is 0.961. The SMILES string of the molecule is CN(Cc1ccccc1)S(=O)(=O)N1CCC(C(O)c2cccs2)CC1. The third-order valence-electron chi connectivity index (χ3n) is 4.75. The van der Waals surface area contributed by atoms with Crippen molar-refractivity contribution in [2.24, 2.45) is 5.92 Å². The molecule has 0 amide bonds. The van der Waals surface area contributed by atoms with Crippen LogP contribution in [0.2, 0.25) is 0 Å². The van der Waals surface area contributed by atoms with Gasteiger partial charge in [0, 0.05) is 31.6 Å².